The first kappa shape index (κ1) is 5.45. The normalized spacial score (nSPS) is 29.0. The van der Waals surface area contributed by atoms with E-state index in [0.29, 0.717) is 5.92 Å². The number of alkyl halides is 1. The van der Waals surface area contributed by atoms with E-state index in [0.717, 1.165) is 11.6 Å². The minimum atomic E-state index is 0.534. The summed E-state index contributed by atoms with van der Waals surface area (Å²) in [4.78, 5) is 0. The number of nitrogens with zero attached hydrogens (tertiary/aromatic N) is 1. The van der Waals surface area contributed by atoms with Crippen molar-refractivity contribution in [1.29, 1.82) is 0 Å². The molecule has 1 aliphatic rings. The lowest BCUT2D eigenvalue weighted by Crippen LogP contribution is -2.00. The number of halogens is 1. The van der Waals surface area contributed by atoms with E-state index in [-0.39, 0.29) is 0 Å². The van der Waals surface area contributed by atoms with Gasteiger partial charge in [0.1, 0.15) is 0 Å². The molecule has 40 valence electrons. The smallest absolute Gasteiger partial charge is 0.0310 e. The largest absolute Gasteiger partial charge is 0.229 e. The highest BCUT2D eigenvalue weighted by Gasteiger charge is 2.07. The molecule has 0 N–H and O–H groups in total. The van der Waals surface area contributed by atoms with Gasteiger partial charge in [-0.1, -0.05) is 0 Å². The lowest BCUT2D eigenvalue weighted by atomic mass is 10.2. The Labute approximate surface area is 52.3 Å². The third-order valence-corrected chi connectivity index (χ3v) is 2.08. The van der Waals surface area contributed by atoms with Gasteiger partial charge in [0, 0.05) is 23.8 Å². The summed E-state index contributed by atoms with van der Waals surface area (Å²) in [5, 5.41) is 0. The maximum Gasteiger partial charge on any atom is 0.0310 e. The average Bonchev–Trinajstić information content (AvgIpc) is 2.14. The van der Waals surface area contributed by atoms with Gasteiger partial charge in [-0.25, -0.2) is 4.40 Å². The summed E-state index contributed by atoms with van der Waals surface area (Å²) in [7, 11) is 0. The second kappa shape index (κ2) is 2.58. The first-order chi connectivity index (χ1) is 3.43. The van der Waals surface area contributed by atoms with Gasteiger partial charge >= 0.3 is 0 Å². The van der Waals surface area contributed by atoms with Crippen LogP contribution in [0, 0.1) is 5.92 Å². The molecule has 1 aliphatic heterocycles. The maximum atomic E-state index is 5.50. The van der Waals surface area contributed by atoms with E-state index in [1.54, 1.807) is 11.9 Å². The van der Waals surface area contributed by atoms with Crippen molar-refractivity contribution in [3.05, 3.63) is 0 Å². The molecule has 0 bridgehead atoms. The summed E-state index contributed by atoms with van der Waals surface area (Å²) in [6, 6.07) is 0. The molecule has 0 aromatic carbocycles. The molecule has 0 aliphatic carbocycles. The predicted octanol–water partition coefficient (Wildman–Crippen LogP) is 1.57. The van der Waals surface area contributed by atoms with E-state index in [2.05, 4.69) is 4.40 Å². The standard InChI is InChI=1S/C4H6ClNS/c5-1-4-2-6-7-3-4/h2,4H,1,3H2. The van der Waals surface area contributed by atoms with E-state index in [1.807, 2.05) is 6.21 Å². The highest BCUT2D eigenvalue weighted by atomic mass is 35.5. The van der Waals surface area contributed by atoms with Gasteiger partial charge in [0.05, 0.1) is 0 Å². The van der Waals surface area contributed by atoms with Crippen LogP contribution in [0.25, 0.3) is 0 Å². The van der Waals surface area contributed by atoms with Crippen LogP contribution in [0.3, 0.4) is 0 Å². The van der Waals surface area contributed by atoms with Gasteiger partial charge in [0.25, 0.3) is 0 Å². The Morgan fingerprint density at radius 2 is 2.86 bits per heavy atom. The van der Waals surface area contributed by atoms with Crippen LogP contribution in [0.5, 0.6) is 0 Å². The lowest BCUT2D eigenvalue weighted by molar-refractivity contribution is 0.951. The van der Waals surface area contributed by atoms with Gasteiger partial charge in [-0.05, 0) is 11.9 Å². The summed E-state index contributed by atoms with van der Waals surface area (Å²) >= 11 is 7.09. The monoisotopic (exact) mass is 135 g/mol. The van der Waals surface area contributed by atoms with E-state index < -0.39 is 0 Å². The molecule has 1 nitrogen and oxygen atoms in total. The molecule has 1 atom stereocenters. The van der Waals surface area contributed by atoms with Crippen molar-refractivity contribution in [3.63, 3.8) is 0 Å². The Kier molecular flexibility index (Phi) is 2.00. The first-order valence-corrected chi connectivity index (χ1v) is 3.62. The van der Waals surface area contributed by atoms with E-state index >= 15 is 0 Å². The quantitative estimate of drug-likeness (QED) is 0.393. The Morgan fingerprint density at radius 3 is 3.14 bits per heavy atom. The van der Waals surface area contributed by atoms with Crippen molar-refractivity contribution in [3.8, 4) is 0 Å². The van der Waals surface area contributed by atoms with Gasteiger partial charge in [0.2, 0.25) is 0 Å². The van der Waals surface area contributed by atoms with E-state index in [1.165, 1.54) is 0 Å². The molecule has 0 saturated heterocycles. The molecular weight excluding hydrogens is 130 g/mol. The maximum absolute atomic E-state index is 5.50. The fraction of sp³-hybridized carbons (Fsp3) is 0.750. The molecule has 0 fully saturated rings. The minimum Gasteiger partial charge on any atom is -0.229 e. The van der Waals surface area contributed by atoms with Crippen LogP contribution < -0.4 is 0 Å². The average molecular weight is 136 g/mol. The second-order valence-electron chi connectivity index (χ2n) is 1.46. The Hall–Kier alpha value is 0.310. The van der Waals surface area contributed by atoms with Crippen LogP contribution in [0.4, 0.5) is 0 Å². The van der Waals surface area contributed by atoms with Gasteiger partial charge in [-0.2, -0.15) is 0 Å². The number of hydrogen-bond acceptors (Lipinski definition) is 2. The van der Waals surface area contributed by atoms with Crippen LogP contribution in [-0.2, 0) is 0 Å². The molecule has 0 saturated carbocycles. The summed E-state index contributed by atoms with van der Waals surface area (Å²) in [6.45, 7) is 0. The summed E-state index contributed by atoms with van der Waals surface area (Å²) in [5.41, 5.74) is 0. The molecule has 1 rings (SSSR count). The van der Waals surface area contributed by atoms with Crippen LogP contribution in [-0.4, -0.2) is 17.8 Å². The fourth-order valence-electron chi connectivity index (χ4n) is 0.395. The zero-order valence-electron chi connectivity index (χ0n) is 3.80. The van der Waals surface area contributed by atoms with Gasteiger partial charge < -0.3 is 0 Å². The van der Waals surface area contributed by atoms with Gasteiger partial charge in [0.15, 0.2) is 0 Å². The molecule has 0 aromatic rings. The van der Waals surface area contributed by atoms with Crippen LogP contribution in [0.2, 0.25) is 0 Å². The van der Waals surface area contributed by atoms with Crippen LogP contribution in [0.15, 0.2) is 4.40 Å². The molecule has 7 heavy (non-hydrogen) atoms. The van der Waals surface area contributed by atoms with Crippen molar-refractivity contribution in [2.24, 2.45) is 10.3 Å². The molecule has 0 spiro atoms. The van der Waals surface area contributed by atoms with Gasteiger partial charge in [-0.15, -0.1) is 11.6 Å². The molecule has 1 heterocycles. The minimum absolute atomic E-state index is 0.534. The Balaban J connectivity index is 2.28. The van der Waals surface area contributed by atoms with Crippen molar-refractivity contribution >= 4 is 29.8 Å². The van der Waals surface area contributed by atoms with Crippen molar-refractivity contribution in [2.45, 2.75) is 0 Å². The highest BCUT2D eigenvalue weighted by molar-refractivity contribution is 7.98. The van der Waals surface area contributed by atoms with E-state index in [9.17, 15) is 0 Å². The molecule has 0 radical (unpaired) electrons. The molecule has 3 heteroatoms. The van der Waals surface area contributed by atoms with E-state index in [4.69, 9.17) is 11.6 Å². The molecular formula is C4H6ClNS. The van der Waals surface area contributed by atoms with Crippen LogP contribution in [0.1, 0.15) is 0 Å². The SMILES string of the molecule is ClCC1C=NSC1. The molecule has 0 amide bonds. The summed E-state index contributed by atoms with van der Waals surface area (Å²) < 4.78 is 3.94. The van der Waals surface area contributed by atoms with Crippen molar-refractivity contribution in [1.82, 2.24) is 0 Å². The predicted molar refractivity (Wildman–Crippen MR) is 35.2 cm³/mol. The third kappa shape index (κ3) is 1.35. The number of rotatable bonds is 1. The number of hydrogen-bond donors (Lipinski definition) is 0. The zero-order chi connectivity index (χ0) is 5.11. The molecule has 1 unspecified atom stereocenters. The van der Waals surface area contributed by atoms with Crippen LogP contribution >= 0.6 is 23.5 Å². The third-order valence-electron chi connectivity index (χ3n) is 0.833. The van der Waals surface area contributed by atoms with Crippen molar-refractivity contribution in [2.75, 3.05) is 11.6 Å². The topological polar surface area (TPSA) is 12.4 Å². The lowest BCUT2D eigenvalue weighted by Gasteiger charge is -1.92. The summed E-state index contributed by atoms with van der Waals surface area (Å²) in [6.07, 6.45) is 1.91. The Morgan fingerprint density at radius 1 is 2.00 bits per heavy atom. The summed E-state index contributed by atoms with van der Waals surface area (Å²) in [5.74, 6) is 2.33. The first-order valence-electron chi connectivity index (χ1n) is 2.15. The zero-order valence-corrected chi connectivity index (χ0v) is 5.37. The van der Waals surface area contributed by atoms with Gasteiger partial charge in [-0.3, -0.25) is 0 Å². The Bertz CT molecular complexity index is 83.8. The van der Waals surface area contributed by atoms with Crippen molar-refractivity contribution < 1.29 is 0 Å². The highest BCUT2D eigenvalue weighted by Crippen LogP contribution is 2.16. The molecule has 0 aromatic heterocycles. The second-order valence-corrected chi connectivity index (χ2v) is 2.58. The fourth-order valence-corrected chi connectivity index (χ4v) is 1.45.